The fourth-order valence-electron chi connectivity index (χ4n) is 3.29. The van der Waals surface area contributed by atoms with Crippen molar-refractivity contribution in [3.8, 4) is 5.75 Å². The van der Waals surface area contributed by atoms with Crippen LogP contribution in [0.5, 0.6) is 5.75 Å². The van der Waals surface area contributed by atoms with Gasteiger partial charge in [0.25, 0.3) is 0 Å². The molecule has 0 saturated heterocycles. The van der Waals surface area contributed by atoms with Crippen molar-refractivity contribution in [2.24, 2.45) is 0 Å². The number of benzene rings is 2. The Kier molecular flexibility index (Phi) is 4.68. The highest BCUT2D eigenvalue weighted by Crippen LogP contribution is 2.46. The van der Waals surface area contributed by atoms with Crippen molar-refractivity contribution in [3.05, 3.63) is 70.2 Å². The summed E-state index contributed by atoms with van der Waals surface area (Å²) in [4.78, 5) is 13.0. The van der Waals surface area contributed by atoms with Crippen molar-refractivity contribution in [3.63, 3.8) is 0 Å². The van der Waals surface area contributed by atoms with E-state index in [1.165, 1.54) is 42.0 Å². The molecule has 1 aromatic heterocycles. The lowest BCUT2D eigenvalue weighted by Crippen LogP contribution is -2.24. The maximum absolute atomic E-state index is 14.3. The second-order valence-electron chi connectivity index (χ2n) is 6.34. The van der Waals surface area contributed by atoms with Crippen molar-refractivity contribution in [1.29, 1.82) is 0 Å². The van der Waals surface area contributed by atoms with Crippen LogP contribution in [-0.2, 0) is 14.6 Å². The molecule has 144 valence electrons. The Morgan fingerprint density at radius 3 is 2.54 bits per heavy atom. The number of amides is 1. The molecule has 28 heavy (non-hydrogen) atoms. The van der Waals surface area contributed by atoms with E-state index in [1.54, 1.807) is 30.3 Å². The topological polar surface area (TPSA) is 72.5 Å². The number of fused-ring (bicyclic) bond motifs is 1. The Morgan fingerprint density at radius 1 is 1.14 bits per heavy atom. The predicted molar refractivity (Wildman–Crippen MR) is 104 cm³/mol. The summed E-state index contributed by atoms with van der Waals surface area (Å²) < 4.78 is 45.6. The van der Waals surface area contributed by atoms with Crippen LogP contribution < -0.4 is 10.1 Å². The minimum Gasteiger partial charge on any atom is -0.497 e. The number of sulfone groups is 1. The van der Waals surface area contributed by atoms with Crippen LogP contribution in [0.25, 0.3) is 0 Å². The first-order valence-corrected chi connectivity index (χ1v) is 10.8. The number of hydrogen-bond donors (Lipinski definition) is 1. The summed E-state index contributed by atoms with van der Waals surface area (Å²) in [6.45, 7) is 0. The van der Waals surface area contributed by atoms with Gasteiger partial charge in [-0.1, -0.05) is 18.2 Å². The Hall–Kier alpha value is -2.71. The first-order valence-electron chi connectivity index (χ1n) is 8.46. The molecule has 0 saturated carbocycles. The van der Waals surface area contributed by atoms with Crippen molar-refractivity contribution >= 4 is 32.8 Å². The molecule has 4 rings (SSSR count). The number of nitrogens with one attached hydrogen (secondary N) is 1. The lowest BCUT2D eigenvalue weighted by Gasteiger charge is -2.24. The number of thiophene rings is 1. The highest BCUT2D eigenvalue weighted by molar-refractivity contribution is 7.91. The average molecular weight is 417 g/mol. The minimum atomic E-state index is -3.85. The van der Waals surface area contributed by atoms with Gasteiger partial charge in [0.15, 0.2) is 0 Å². The van der Waals surface area contributed by atoms with Crippen LogP contribution in [0.1, 0.15) is 22.8 Å². The fourth-order valence-corrected chi connectivity index (χ4v) is 6.19. The van der Waals surface area contributed by atoms with E-state index in [1.807, 2.05) is 0 Å². The lowest BCUT2D eigenvalue weighted by molar-refractivity contribution is -0.116. The van der Waals surface area contributed by atoms with E-state index in [0.717, 1.165) is 0 Å². The first-order chi connectivity index (χ1) is 13.4. The van der Waals surface area contributed by atoms with Gasteiger partial charge in [-0.05, 0) is 35.9 Å². The molecule has 1 aliphatic rings. The van der Waals surface area contributed by atoms with E-state index in [-0.39, 0.29) is 27.8 Å². The maximum Gasteiger partial charge on any atom is 0.225 e. The van der Waals surface area contributed by atoms with Gasteiger partial charge in [-0.2, -0.15) is 0 Å². The molecule has 5 nitrogen and oxygen atoms in total. The van der Waals surface area contributed by atoms with Crippen molar-refractivity contribution in [2.75, 3.05) is 12.4 Å². The van der Waals surface area contributed by atoms with Crippen molar-refractivity contribution in [1.82, 2.24) is 0 Å². The summed E-state index contributed by atoms with van der Waals surface area (Å²) in [5, 5.41) is 4.17. The Balaban J connectivity index is 1.82. The number of carbonyl (C=O) groups excluding carboxylic acids is 1. The molecule has 0 aliphatic carbocycles. The first kappa shape index (κ1) is 18.6. The predicted octanol–water partition coefficient (Wildman–Crippen LogP) is 4.20. The minimum absolute atomic E-state index is 0.0204. The lowest BCUT2D eigenvalue weighted by atomic mass is 9.90. The monoisotopic (exact) mass is 417 g/mol. The smallest absolute Gasteiger partial charge is 0.225 e. The number of hydrogen-bond acceptors (Lipinski definition) is 5. The number of rotatable bonds is 4. The van der Waals surface area contributed by atoms with Crippen LogP contribution in [0, 0.1) is 5.82 Å². The fraction of sp³-hybridized carbons (Fsp3) is 0.150. The van der Waals surface area contributed by atoms with Crippen LogP contribution in [0.4, 0.5) is 10.1 Å². The Labute approximate surface area is 165 Å². The number of carbonyl (C=O) groups is 1. The highest BCUT2D eigenvalue weighted by Gasteiger charge is 2.35. The Bertz CT molecular complexity index is 1150. The van der Waals surface area contributed by atoms with Crippen LogP contribution >= 0.6 is 11.3 Å². The zero-order chi connectivity index (χ0) is 19.9. The molecule has 2 heterocycles. The van der Waals surface area contributed by atoms with E-state index in [9.17, 15) is 17.6 Å². The van der Waals surface area contributed by atoms with E-state index in [2.05, 4.69) is 5.32 Å². The highest BCUT2D eigenvalue weighted by atomic mass is 32.2. The molecular formula is C20H16FNO4S2. The summed E-state index contributed by atoms with van der Waals surface area (Å²) in [5.74, 6) is -0.736. The summed E-state index contributed by atoms with van der Waals surface area (Å²) in [6, 6.07) is 12.3. The van der Waals surface area contributed by atoms with Gasteiger partial charge in [-0.25, -0.2) is 12.8 Å². The van der Waals surface area contributed by atoms with E-state index >= 15 is 0 Å². The number of methoxy groups -OCH3 is 1. The number of halogens is 1. The molecule has 0 radical (unpaired) electrons. The zero-order valence-electron chi connectivity index (χ0n) is 14.8. The van der Waals surface area contributed by atoms with Gasteiger partial charge >= 0.3 is 0 Å². The molecule has 1 aliphatic heterocycles. The quantitative estimate of drug-likeness (QED) is 0.691. The van der Waals surface area contributed by atoms with Crippen LogP contribution in [0.3, 0.4) is 0 Å². The normalized spacial score (nSPS) is 16.4. The molecule has 0 bridgehead atoms. The zero-order valence-corrected chi connectivity index (χ0v) is 16.4. The maximum atomic E-state index is 14.3. The summed E-state index contributed by atoms with van der Waals surface area (Å²) in [7, 11) is -2.36. The van der Waals surface area contributed by atoms with Gasteiger partial charge in [0.2, 0.25) is 15.7 Å². The molecule has 1 amide bonds. The van der Waals surface area contributed by atoms with E-state index < -0.39 is 21.6 Å². The molecule has 1 N–H and O–H groups in total. The summed E-state index contributed by atoms with van der Waals surface area (Å²) >= 11 is 1.21. The van der Waals surface area contributed by atoms with Gasteiger partial charge < -0.3 is 10.1 Å². The van der Waals surface area contributed by atoms with Crippen LogP contribution in [0.2, 0.25) is 0 Å². The summed E-state index contributed by atoms with van der Waals surface area (Å²) in [5.41, 5.74) is 0.624. The second-order valence-corrected chi connectivity index (χ2v) is 9.17. The third kappa shape index (κ3) is 3.08. The Morgan fingerprint density at radius 2 is 1.86 bits per heavy atom. The molecule has 0 spiro atoms. The largest absolute Gasteiger partial charge is 0.497 e. The third-order valence-corrected chi connectivity index (χ3v) is 7.74. The molecule has 0 unspecified atom stereocenters. The molecule has 1 atom stereocenters. The van der Waals surface area contributed by atoms with Crippen LogP contribution in [0.15, 0.2) is 63.7 Å². The second kappa shape index (κ2) is 7.03. The number of anilines is 1. The van der Waals surface area contributed by atoms with Gasteiger partial charge in [0.1, 0.15) is 16.5 Å². The molecular weight excluding hydrogens is 401 g/mol. The molecule has 0 fully saturated rings. The van der Waals surface area contributed by atoms with E-state index in [4.69, 9.17) is 4.74 Å². The van der Waals surface area contributed by atoms with Gasteiger partial charge in [0.05, 0.1) is 17.7 Å². The van der Waals surface area contributed by atoms with E-state index in [0.29, 0.717) is 16.2 Å². The molecule has 2 aromatic carbocycles. The number of ether oxygens (including phenoxy) is 1. The summed E-state index contributed by atoms with van der Waals surface area (Å²) in [6.07, 6.45) is 0.0659. The molecule has 3 aromatic rings. The van der Waals surface area contributed by atoms with Gasteiger partial charge in [0, 0.05) is 22.6 Å². The SMILES string of the molecule is COc1ccc(S(=O)(=O)c2csc3c2NC(=O)C[C@H]3c2ccccc2F)cc1. The molecule has 8 heteroatoms. The van der Waals surface area contributed by atoms with Gasteiger partial charge in [-0.3, -0.25) is 4.79 Å². The standard InChI is InChI=1S/C20H16FNO4S2/c1-26-12-6-8-13(9-7-12)28(24,25)17-11-27-20-15(10-18(23)22-19(17)20)14-4-2-3-5-16(14)21/h2-9,11,15H,10H2,1H3,(H,22,23)/t15-/m0/s1. The van der Waals surface area contributed by atoms with Crippen molar-refractivity contribution < 1.29 is 22.3 Å². The average Bonchev–Trinajstić information content (AvgIpc) is 3.12. The third-order valence-electron chi connectivity index (χ3n) is 4.70. The van der Waals surface area contributed by atoms with Crippen LogP contribution in [-0.4, -0.2) is 21.4 Å². The van der Waals surface area contributed by atoms with Crippen molar-refractivity contribution in [2.45, 2.75) is 22.1 Å². The van der Waals surface area contributed by atoms with Gasteiger partial charge in [-0.15, -0.1) is 11.3 Å².